The van der Waals surface area contributed by atoms with Gasteiger partial charge in [-0.25, -0.2) is 4.98 Å². The number of ether oxygens (including phenoxy) is 1. The Balaban J connectivity index is 0.00000180. The van der Waals surface area contributed by atoms with E-state index in [-0.39, 0.29) is 12.1 Å². The van der Waals surface area contributed by atoms with Gasteiger partial charge in [0, 0.05) is 12.1 Å². The van der Waals surface area contributed by atoms with Crippen LogP contribution in [0.4, 0.5) is 13.2 Å². The number of halogens is 3. The Kier molecular flexibility index (Phi) is 4.88. The van der Waals surface area contributed by atoms with Crippen molar-refractivity contribution in [1.82, 2.24) is 0 Å². The Morgan fingerprint density at radius 1 is 0.947 bits per heavy atom. The summed E-state index contributed by atoms with van der Waals surface area (Å²) in [6.45, 7) is 0.238. The zero-order valence-corrected chi connectivity index (χ0v) is 9.82. The van der Waals surface area contributed by atoms with Gasteiger partial charge in [0.25, 0.3) is 0 Å². The van der Waals surface area contributed by atoms with Gasteiger partial charge in [-0.2, -0.15) is 13.2 Å². The lowest BCUT2D eigenvalue weighted by molar-refractivity contribution is -0.378. The Labute approximate surface area is 108 Å². The minimum absolute atomic E-state index is 0. The maximum Gasteiger partial charge on any atom is 0.416 e. The lowest BCUT2D eigenvalue weighted by Crippen LogP contribution is -2.05. The zero-order chi connectivity index (χ0) is 13.0. The van der Waals surface area contributed by atoms with Gasteiger partial charge in [0.1, 0.15) is 12.4 Å². The fourth-order valence-electron chi connectivity index (χ4n) is 1.42. The molecule has 0 radical (unpaired) electrons. The standard InChI is InChI=1S/C13H10F3NO.H2O/c14-13(15,16)11-3-1-10(2-4-11)9-18-12-5-7-17-8-6-12;/h1-8H,9H2;1H2. The van der Waals surface area contributed by atoms with E-state index < -0.39 is 11.7 Å². The number of aromatic nitrogens is 1. The van der Waals surface area contributed by atoms with Gasteiger partial charge in [-0.3, -0.25) is 0 Å². The third-order valence-electron chi connectivity index (χ3n) is 2.37. The molecule has 1 aromatic heterocycles. The number of H-pyrrole nitrogens is 1. The molecule has 2 rings (SSSR count). The van der Waals surface area contributed by atoms with Crippen LogP contribution in [-0.2, 0) is 12.8 Å². The maximum atomic E-state index is 12.3. The largest absolute Gasteiger partial charge is 0.870 e. The van der Waals surface area contributed by atoms with E-state index in [0.29, 0.717) is 11.3 Å². The van der Waals surface area contributed by atoms with Crippen LogP contribution in [-0.4, -0.2) is 5.48 Å². The average molecular weight is 271 g/mol. The molecule has 0 spiro atoms. The summed E-state index contributed by atoms with van der Waals surface area (Å²) in [4.78, 5) is 2.85. The second-order valence-corrected chi connectivity index (χ2v) is 3.72. The van der Waals surface area contributed by atoms with Crippen LogP contribution in [0.1, 0.15) is 11.1 Å². The van der Waals surface area contributed by atoms with E-state index >= 15 is 0 Å². The predicted molar refractivity (Wildman–Crippen MR) is 60.7 cm³/mol. The average Bonchev–Trinajstić information content (AvgIpc) is 2.37. The molecule has 0 amide bonds. The SMILES string of the molecule is FC(F)(F)c1ccc(COc2cc[nH+]cc2)cc1.[OH-]. The molecule has 0 aliphatic rings. The summed E-state index contributed by atoms with van der Waals surface area (Å²) in [6.07, 6.45) is -0.876. The Hall–Kier alpha value is -2.08. The van der Waals surface area contributed by atoms with E-state index in [4.69, 9.17) is 4.74 Å². The van der Waals surface area contributed by atoms with E-state index in [0.717, 1.165) is 12.1 Å². The predicted octanol–water partition coefficient (Wildman–Crippen LogP) is 2.92. The maximum absolute atomic E-state index is 12.3. The highest BCUT2D eigenvalue weighted by Gasteiger charge is 2.29. The van der Waals surface area contributed by atoms with E-state index in [9.17, 15) is 13.2 Å². The first-order valence-electron chi connectivity index (χ1n) is 5.31. The van der Waals surface area contributed by atoms with E-state index in [1.54, 1.807) is 24.5 Å². The van der Waals surface area contributed by atoms with Gasteiger partial charge in [0.15, 0.2) is 12.4 Å². The van der Waals surface area contributed by atoms with Crippen molar-refractivity contribution in [3.05, 3.63) is 59.9 Å². The van der Waals surface area contributed by atoms with Gasteiger partial charge in [-0.05, 0) is 17.7 Å². The number of nitrogens with one attached hydrogen (secondary N) is 1. The molecule has 0 aliphatic carbocycles. The van der Waals surface area contributed by atoms with Crippen LogP contribution in [0, 0.1) is 0 Å². The number of hydrogen-bond acceptors (Lipinski definition) is 2. The van der Waals surface area contributed by atoms with Crippen LogP contribution in [0.25, 0.3) is 0 Å². The first-order chi connectivity index (χ1) is 8.55. The van der Waals surface area contributed by atoms with Gasteiger partial charge in [-0.1, -0.05) is 12.1 Å². The smallest absolute Gasteiger partial charge is 0.416 e. The summed E-state index contributed by atoms with van der Waals surface area (Å²) in [5.41, 5.74) is 0.0383. The van der Waals surface area contributed by atoms with Crippen molar-refractivity contribution < 1.29 is 28.4 Å². The molecule has 0 saturated carbocycles. The van der Waals surface area contributed by atoms with Crippen molar-refractivity contribution >= 4 is 0 Å². The van der Waals surface area contributed by atoms with Crippen molar-refractivity contribution in [2.24, 2.45) is 0 Å². The molecule has 0 bridgehead atoms. The minimum atomic E-state index is -4.30. The van der Waals surface area contributed by atoms with Crippen LogP contribution in [0.3, 0.4) is 0 Å². The summed E-state index contributed by atoms with van der Waals surface area (Å²) in [5.74, 6) is 0.661. The highest BCUT2D eigenvalue weighted by atomic mass is 19.4. The number of alkyl halides is 3. The molecule has 6 heteroatoms. The third-order valence-corrected chi connectivity index (χ3v) is 2.37. The fraction of sp³-hybridized carbons (Fsp3) is 0.154. The van der Waals surface area contributed by atoms with Crippen LogP contribution >= 0.6 is 0 Å². The second-order valence-electron chi connectivity index (χ2n) is 3.72. The quantitative estimate of drug-likeness (QED) is 0.861. The van der Waals surface area contributed by atoms with Crippen LogP contribution < -0.4 is 9.72 Å². The van der Waals surface area contributed by atoms with Gasteiger partial charge >= 0.3 is 6.18 Å². The molecule has 1 aromatic carbocycles. The molecule has 0 aliphatic heterocycles. The van der Waals surface area contributed by atoms with E-state index in [2.05, 4.69) is 4.98 Å². The van der Waals surface area contributed by atoms with Crippen molar-refractivity contribution in [2.45, 2.75) is 12.8 Å². The van der Waals surface area contributed by atoms with Crippen molar-refractivity contribution in [1.29, 1.82) is 0 Å². The Morgan fingerprint density at radius 3 is 2.05 bits per heavy atom. The van der Waals surface area contributed by atoms with E-state index in [1.165, 1.54) is 12.1 Å². The molecule has 2 aromatic rings. The topological polar surface area (TPSA) is 53.4 Å². The summed E-state index contributed by atoms with van der Waals surface area (Å²) >= 11 is 0. The minimum Gasteiger partial charge on any atom is -0.870 e. The first kappa shape index (κ1) is 15.0. The molecule has 102 valence electrons. The molecular formula is C13H12F3NO2. The van der Waals surface area contributed by atoms with Crippen LogP contribution in [0.15, 0.2) is 48.8 Å². The molecule has 0 fully saturated rings. The number of aromatic amines is 1. The fourth-order valence-corrected chi connectivity index (χ4v) is 1.42. The van der Waals surface area contributed by atoms with Crippen molar-refractivity contribution in [2.75, 3.05) is 0 Å². The molecule has 2 N–H and O–H groups in total. The summed E-state index contributed by atoms with van der Waals surface area (Å²) in [6, 6.07) is 8.42. The lowest BCUT2D eigenvalue weighted by Gasteiger charge is -2.08. The highest BCUT2D eigenvalue weighted by Crippen LogP contribution is 2.29. The highest BCUT2D eigenvalue weighted by molar-refractivity contribution is 5.25. The zero-order valence-electron chi connectivity index (χ0n) is 9.82. The third kappa shape index (κ3) is 4.26. The monoisotopic (exact) mass is 271 g/mol. The normalized spacial score (nSPS) is 10.7. The van der Waals surface area contributed by atoms with E-state index in [1.807, 2.05) is 0 Å². The van der Waals surface area contributed by atoms with Crippen molar-refractivity contribution in [3.63, 3.8) is 0 Å². The van der Waals surface area contributed by atoms with Crippen molar-refractivity contribution in [3.8, 4) is 5.75 Å². The lowest BCUT2D eigenvalue weighted by atomic mass is 10.1. The molecule has 19 heavy (non-hydrogen) atoms. The molecular weight excluding hydrogens is 259 g/mol. The summed E-state index contributed by atoms with van der Waals surface area (Å²) < 4.78 is 42.4. The van der Waals surface area contributed by atoms with Gasteiger partial charge in [0.05, 0.1) is 5.56 Å². The molecule has 0 unspecified atom stereocenters. The van der Waals surface area contributed by atoms with Crippen LogP contribution in [0.5, 0.6) is 5.75 Å². The number of pyridine rings is 1. The van der Waals surface area contributed by atoms with Gasteiger partial charge in [0.2, 0.25) is 0 Å². The van der Waals surface area contributed by atoms with Gasteiger partial charge in [-0.15, -0.1) is 0 Å². The summed E-state index contributed by atoms with van der Waals surface area (Å²) in [7, 11) is 0. The number of hydrogen-bond donors (Lipinski definition) is 0. The molecule has 0 saturated heterocycles. The summed E-state index contributed by atoms with van der Waals surface area (Å²) in [5, 5.41) is 0. The number of rotatable bonds is 3. The Morgan fingerprint density at radius 2 is 1.53 bits per heavy atom. The van der Waals surface area contributed by atoms with Crippen LogP contribution in [0.2, 0.25) is 0 Å². The first-order valence-corrected chi connectivity index (χ1v) is 5.31. The molecule has 1 heterocycles. The number of benzene rings is 1. The van der Waals surface area contributed by atoms with Gasteiger partial charge < -0.3 is 10.2 Å². The Bertz CT molecular complexity index is 498. The second kappa shape index (κ2) is 6.19. The molecule has 0 atom stereocenters. The molecule has 3 nitrogen and oxygen atoms in total.